The number of rotatable bonds is 8. The van der Waals surface area contributed by atoms with Crippen molar-refractivity contribution in [3.8, 4) is 0 Å². The molecule has 2 aromatic rings. The lowest BCUT2D eigenvalue weighted by molar-refractivity contribution is 0.260. The first kappa shape index (κ1) is 23.3. The molecule has 1 aliphatic heterocycles. The van der Waals surface area contributed by atoms with Crippen LogP contribution in [0.25, 0.3) is 0 Å². The average molecular weight is 514 g/mol. The summed E-state index contributed by atoms with van der Waals surface area (Å²) in [6, 6.07) is 1.85. The van der Waals surface area contributed by atoms with Crippen molar-refractivity contribution in [1.29, 1.82) is 0 Å². The van der Waals surface area contributed by atoms with Crippen molar-refractivity contribution >= 4 is 35.9 Å². The number of nitrogens with zero attached hydrogens (tertiary/aromatic N) is 8. The van der Waals surface area contributed by atoms with E-state index in [2.05, 4.69) is 57.1 Å². The maximum Gasteiger partial charge on any atom is 0.225 e. The summed E-state index contributed by atoms with van der Waals surface area (Å²) < 4.78 is 2.07. The third kappa shape index (κ3) is 7.07. The third-order valence-electron chi connectivity index (χ3n) is 4.81. The van der Waals surface area contributed by atoms with Crippen LogP contribution >= 0.6 is 24.0 Å². The van der Waals surface area contributed by atoms with Crippen LogP contribution in [0.1, 0.15) is 12.7 Å². The van der Waals surface area contributed by atoms with Crippen LogP contribution in [-0.4, -0.2) is 88.5 Å². The normalized spacial score (nSPS) is 15.1. The van der Waals surface area contributed by atoms with E-state index in [-0.39, 0.29) is 24.0 Å². The van der Waals surface area contributed by atoms with Gasteiger partial charge in [-0.05, 0) is 6.07 Å². The van der Waals surface area contributed by atoms with Crippen molar-refractivity contribution in [1.82, 2.24) is 40.3 Å². The highest BCUT2D eigenvalue weighted by Gasteiger charge is 2.18. The van der Waals surface area contributed by atoms with Crippen LogP contribution in [0, 0.1) is 0 Å². The predicted molar refractivity (Wildman–Crippen MR) is 125 cm³/mol. The topological polar surface area (TPSA) is 99.4 Å². The van der Waals surface area contributed by atoms with Gasteiger partial charge in [-0.3, -0.25) is 9.89 Å². The summed E-state index contributed by atoms with van der Waals surface area (Å²) >= 11 is 0. The lowest BCUT2D eigenvalue weighted by atomic mass is 10.3. The molecule has 1 fully saturated rings. The van der Waals surface area contributed by atoms with Crippen LogP contribution in [0.3, 0.4) is 0 Å². The number of anilines is 1. The lowest BCUT2D eigenvalue weighted by Crippen LogP contribution is -2.49. The molecule has 0 spiro atoms. The van der Waals surface area contributed by atoms with Gasteiger partial charge in [0.2, 0.25) is 5.95 Å². The van der Waals surface area contributed by atoms with E-state index in [0.717, 1.165) is 76.5 Å². The molecule has 0 unspecified atom stereocenters. The quantitative estimate of drug-likeness (QED) is 0.294. The molecule has 11 heteroatoms. The van der Waals surface area contributed by atoms with Gasteiger partial charge in [-0.15, -0.1) is 34.2 Å². The van der Waals surface area contributed by atoms with Crippen molar-refractivity contribution in [3.63, 3.8) is 0 Å². The van der Waals surface area contributed by atoms with E-state index in [4.69, 9.17) is 0 Å². The van der Waals surface area contributed by atoms with Gasteiger partial charge >= 0.3 is 0 Å². The number of aryl methyl sites for hydroxylation is 1. The largest absolute Gasteiger partial charge is 0.355 e. The van der Waals surface area contributed by atoms with Gasteiger partial charge in [-0.25, -0.2) is 9.97 Å². The summed E-state index contributed by atoms with van der Waals surface area (Å²) in [6.45, 7) is 9.45. The molecule has 29 heavy (non-hydrogen) atoms. The molecular formula is C18H31IN10. The van der Waals surface area contributed by atoms with Gasteiger partial charge in [0.25, 0.3) is 0 Å². The summed E-state index contributed by atoms with van der Waals surface area (Å²) in [5.41, 5.74) is 0. The Bertz CT molecular complexity index is 727. The SMILES string of the molecule is CCc1nncn1CCNC(=NC)NCCN1CCN(c2ncccn2)CC1.I. The second kappa shape index (κ2) is 12.5. The molecule has 0 atom stereocenters. The Labute approximate surface area is 189 Å². The highest BCUT2D eigenvalue weighted by atomic mass is 127. The Kier molecular flexibility index (Phi) is 10.0. The Hall–Kier alpha value is -2.02. The molecule has 3 heterocycles. The molecule has 2 N–H and O–H groups in total. The average Bonchev–Trinajstić information content (AvgIpc) is 3.21. The van der Waals surface area contributed by atoms with Crippen LogP contribution in [-0.2, 0) is 13.0 Å². The Morgan fingerprint density at radius 2 is 1.76 bits per heavy atom. The van der Waals surface area contributed by atoms with Gasteiger partial charge in [-0.1, -0.05) is 6.92 Å². The first-order chi connectivity index (χ1) is 13.8. The number of aromatic nitrogens is 5. The van der Waals surface area contributed by atoms with E-state index in [1.807, 2.05) is 6.07 Å². The van der Waals surface area contributed by atoms with Gasteiger partial charge in [0.15, 0.2) is 5.96 Å². The van der Waals surface area contributed by atoms with Gasteiger partial charge in [0, 0.05) is 78.2 Å². The first-order valence-corrected chi connectivity index (χ1v) is 9.85. The molecule has 2 aromatic heterocycles. The predicted octanol–water partition coefficient (Wildman–Crippen LogP) is 0.236. The molecule has 1 aliphatic rings. The second-order valence-corrected chi connectivity index (χ2v) is 6.60. The number of halogens is 1. The Balaban J connectivity index is 0.00000300. The molecular weight excluding hydrogens is 483 g/mol. The first-order valence-electron chi connectivity index (χ1n) is 9.85. The van der Waals surface area contributed by atoms with Crippen LogP contribution in [0.2, 0.25) is 0 Å². The summed E-state index contributed by atoms with van der Waals surface area (Å²) in [7, 11) is 1.80. The lowest BCUT2D eigenvalue weighted by Gasteiger charge is -2.34. The standard InChI is InChI=1S/C18H30N10.HI/c1-3-16-25-24-15-28(16)10-8-21-17(19-2)20-7-9-26-11-13-27(14-12-26)18-22-5-4-6-23-18;/h4-6,15H,3,7-14H2,1-2H3,(H2,19,20,21);1H. The minimum Gasteiger partial charge on any atom is -0.355 e. The fourth-order valence-electron chi connectivity index (χ4n) is 3.21. The maximum atomic E-state index is 4.33. The van der Waals surface area contributed by atoms with Crippen LogP contribution in [0.15, 0.2) is 29.8 Å². The molecule has 0 amide bonds. The van der Waals surface area contributed by atoms with Crippen LogP contribution in [0.5, 0.6) is 0 Å². The zero-order valence-corrected chi connectivity index (χ0v) is 19.5. The van der Waals surface area contributed by atoms with Gasteiger partial charge in [0.1, 0.15) is 12.2 Å². The van der Waals surface area contributed by atoms with Gasteiger partial charge in [0.05, 0.1) is 0 Å². The van der Waals surface area contributed by atoms with Crippen molar-refractivity contribution < 1.29 is 0 Å². The van der Waals surface area contributed by atoms with Crippen molar-refractivity contribution in [2.75, 3.05) is 57.8 Å². The molecule has 0 bridgehead atoms. The molecule has 1 saturated heterocycles. The Morgan fingerprint density at radius 3 is 2.41 bits per heavy atom. The maximum absolute atomic E-state index is 4.33. The second-order valence-electron chi connectivity index (χ2n) is 6.60. The van der Waals surface area contributed by atoms with Crippen molar-refractivity contribution in [2.45, 2.75) is 19.9 Å². The number of aliphatic imine (C=N–C) groups is 1. The highest BCUT2D eigenvalue weighted by Crippen LogP contribution is 2.08. The Morgan fingerprint density at radius 1 is 1.07 bits per heavy atom. The summed E-state index contributed by atoms with van der Waals surface area (Å²) in [5, 5.41) is 14.8. The number of nitrogens with one attached hydrogen (secondary N) is 2. The van der Waals surface area contributed by atoms with Crippen LogP contribution < -0.4 is 15.5 Å². The summed E-state index contributed by atoms with van der Waals surface area (Å²) in [6.07, 6.45) is 6.25. The zero-order valence-electron chi connectivity index (χ0n) is 17.2. The minimum atomic E-state index is 0. The van der Waals surface area contributed by atoms with Crippen molar-refractivity contribution in [2.24, 2.45) is 4.99 Å². The fourth-order valence-corrected chi connectivity index (χ4v) is 3.21. The molecule has 160 valence electrons. The van der Waals surface area contributed by atoms with Gasteiger partial charge < -0.3 is 20.1 Å². The van der Waals surface area contributed by atoms with Gasteiger partial charge in [-0.2, -0.15) is 0 Å². The number of hydrogen-bond acceptors (Lipinski definition) is 7. The smallest absolute Gasteiger partial charge is 0.225 e. The summed E-state index contributed by atoms with van der Waals surface area (Å²) in [4.78, 5) is 17.6. The molecule has 0 aromatic carbocycles. The number of piperazine rings is 1. The third-order valence-corrected chi connectivity index (χ3v) is 4.81. The highest BCUT2D eigenvalue weighted by molar-refractivity contribution is 14.0. The fraction of sp³-hybridized carbons (Fsp3) is 0.611. The minimum absolute atomic E-state index is 0. The van der Waals surface area contributed by atoms with E-state index in [9.17, 15) is 0 Å². The number of hydrogen-bond donors (Lipinski definition) is 2. The molecule has 10 nitrogen and oxygen atoms in total. The van der Waals surface area contributed by atoms with E-state index in [1.54, 1.807) is 25.8 Å². The molecule has 0 saturated carbocycles. The van der Waals surface area contributed by atoms with Crippen molar-refractivity contribution in [3.05, 3.63) is 30.6 Å². The van der Waals surface area contributed by atoms with E-state index < -0.39 is 0 Å². The monoisotopic (exact) mass is 514 g/mol. The van der Waals surface area contributed by atoms with E-state index in [0.29, 0.717) is 0 Å². The van der Waals surface area contributed by atoms with E-state index in [1.165, 1.54) is 0 Å². The number of guanidine groups is 1. The molecule has 0 aliphatic carbocycles. The molecule has 0 radical (unpaired) electrons. The van der Waals surface area contributed by atoms with Crippen LogP contribution in [0.4, 0.5) is 5.95 Å². The zero-order chi connectivity index (χ0) is 19.6. The summed E-state index contributed by atoms with van der Waals surface area (Å²) in [5.74, 6) is 2.65. The molecule has 3 rings (SSSR count). The van der Waals surface area contributed by atoms with E-state index >= 15 is 0 Å².